The lowest BCUT2D eigenvalue weighted by molar-refractivity contribution is -0.140. The Balaban J connectivity index is 1.96. The van der Waals surface area contributed by atoms with Crippen LogP contribution in [0.15, 0.2) is 78.9 Å². The van der Waals surface area contributed by atoms with Gasteiger partial charge in [-0.3, -0.25) is 9.59 Å². The highest BCUT2D eigenvalue weighted by molar-refractivity contribution is 6.30. The Morgan fingerprint density at radius 2 is 1.56 bits per heavy atom. The Kier molecular flexibility index (Phi) is 9.23. The second kappa shape index (κ2) is 12.3. The minimum absolute atomic E-state index is 0.136. The molecule has 0 fully saturated rings. The maximum absolute atomic E-state index is 14.3. The fourth-order valence-electron chi connectivity index (χ4n) is 3.67. The van der Waals surface area contributed by atoms with Gasteiger partial charge in [0, 0.05) is 24.5 Å². The van der Waals surface area contributed by atoms with Crippen LogP contribution in [0.1, 0.15) is 30.5 Å². The molecule has 3 rings (SSSR count). The highest BCUT2D eigenvalue weighted by atomic mass is 35.5. The molecule has 0 unspecified atom stereocenters. The quantitative estimate of drug-likeness (QED) is 0.420. The van der Waals surface area contributed by atoms with Gasteiger partial charge in [-0.25, -0.2) is 4.39 Å². The third-order valence-electron chi connectivity index (χ3n) is 5.52. The van der Waals surface area contributed by atoms with E-state index in [9.17, 15) is 14.0 Å². The third-order valence-corrected chi connectivity index (χ3v) is 5.77. The van der Waals surface area contributed by atoms with Crippen LogP contribution < -0.4 is 5.32 Å². The molecule has 6 heteroatoms. The van der Waals surface area contributed by atoms with Crippen molar-refractivity contribution in [2.75, 3.05) is 6.54 Å². The zero-order valence-electron chi connectivity index (χ0n) is 19.5. The van der Waals surface area contributed by atoms with Crippen LogP contribution in [0.25, 0.3) is 0 Å². The highest BCUT2D eigenvalue weighted by Gasteiger charge is 2.30. The van der Waals surface area contributed by atoms with Gasteiger partial charge >= 0.3 is 0 Å². The third kappa shape index (κ3) is 7.42. The number of halogens is 2. The van der Waals surface area contributed by atoms with Gasteiger partial charge in [0.15, 0.2) is 0 Å². The molecule has 0 aliphatic heterocycles. The van der Waals surface area contributed by atoms with Crippen LogP contribution in [0, 0.1) is 11.7 Å². The van der Waals surface area contributed by atoms with Crippen molar-refractivity contribution in [2.24, 2.45) is 5.92 Å². The van der Waals surface area contributed by atoms with Crippen LogP contribution in [0.4, 0.5) is 4.39 Å². The van der Waals surface area contributed by atoms with Crippen molar-refractivity contribution in [3.05, 3.63) is 106 Å². The van der Waals surface area contributed by atoms with Gasteiger partial charge in [-0.2, -0.15) is 0 Å². The second-order valence-corrected chi connectivity index (χ2v) is 9.20. The van der Waals surface area contributed by atoms with Crippen LogP contribution in [0.2, 0.25) is 5.02 Å². The molecule has 0 saturated carbocycles. The van der Waals surface area contributed by atoms with E-state index in [1.54, 1.807) is 35.2 Å². The molecule has 0 radical (unpaired) electrons. The SMILES string of the molecule is CC(C)CNC(=O)[C@H](Cc1ccccc1)N(Cc1ccc(Cl)cc1)C(=O)Cc1ccccc1F. The minimum Gasteiger partial charge on any atom is -0.354 e. The molecule has 4 nitrogen and oxygen atoms in total. The van der Waals surface area contributed by atoms with E-state index >= 15 is 0 Å². The van der Waals surface area contributed by atoms with E-state index < -0.39 is 11.9 Å². The summed E-state index contributed by atoms with van der Waals surface area (Å²) in [5.41, 5.74) is 2.07. The predicted octanol–water partition coefficient (Wildman–Crippen LogP) is 5.43. The number of hydrogen-bond donors (Lipinski definition) is 1. The summed E-state index contributed by atoms with van der Waals surface area (Å²) in [6, 6.07) is 22.2. The molecule has 3 aromatic rings. The molecule has 3 aromatic carbocycles. The number of rotatable bonds is 10. The number of hydrogen-bond acceptors (Lipinski definition) is 2. The van der Waals surface area contributed by atoms with E-state index in [4.69, 9.17) is 11.6 Å². The van der Waals surface area contributed by atoms with E-state index in [1.807, 2.05) is 56.3 Å². The molecule has 0 aliphatic rings. The second-order valence-electron chi connectivity index (χ2n) is 8.76. The highest BCUT2D eigenvalue weighted by Crippen LogP contribution is 2.19. The number of amides is 2. The van der Waals surface area contributed by atoms with Crippen molar-refractivity contribution in [2.45, 2.75) is 39.3 Å². The van der Waals surface area contributed by atoms with Gasteiger partial charge in [-0.05, 0) is 40.8 Å². The molecule has 0 aromatic heterocycles. The summed E-state index contributed by atoms with van der Waals surface area (Å²) >= 11 is 6.04. The summed E-state index contributed by atoms with van der Waals surface area (Å²) < 4.78 is 14.3. The average Bonchev–Trinajstić information content (AvgIpc) is 2.83. The summed E-state index contributed by atoms with van der Waals surface area (Å²) in [6.07, 6.45) is 0.213. The van der Waals surface area contributed by atoms with Gasteiger partial charge in [-0.1, -0.05) is 86.1 Å². The van der Waals surface area contributed by atoms with Gasteiger partial charge in [-0.15, -0.1) is 0 Å². The standard InChI is InChI=1S/C28H30ClFN2O2/c1-20(2)18-31-28(34)26(16-21-8-4-3-5-9-21)32(19-22-12-14-24(29)15-13-22)27(33)17-23-10-6-7-11-25(23)30/h3-15,20,26H,16-19H2,1-2H3,(H,31,34)/t26-/m0/s1. The van der Waals surface area contributed by atoms with Crippen molar-refractivity contribution >= 4 is 23.4 Å². The zero-order valence-corrected chi connectivity index (χ0v) is 20.3. The Morgan fingerprint density at radius 3 is 2.21 bits per heavy atom. The molecule has 2 amide bonds. The van der Waals surface area contributed by atoms with Crippen molar-refractivity contribution in [3.8, 4) is 0 Å². The molecular weight excluding hydrogens is 451 g/mol. The molecule has 0 heterocycles. The summed E-state index contributed by atoms with van der Waals surface area (Å²) in [4.78, 5) is 28.5. The van der Waals surface area contributed by atoms with Crippen LogP contribution in [0.5, 0.6) is 0 Å². The van der Waals surface area contributed by atoms with Gasteiger partial charge in [0.1, 0.15) is 11.9 Å². The minimum atomic E-state index is -0.754. The maximum atomic E-state index is 14.3. The topological polar surface area (TPSA) is 49.4 Å². The first kappa shape index (κ1) is 25.4. The summed E-state index contributed by atoms with van der Waals surface area (Å²) in [5.74, 6) is -0.722. The molecule has 34 heavy (non-hydrogen) atoms. The number of benzene rings is 3. The van der Waals surface area contributed by atoms with Crippen LogP contribution >= 0.6 is 11.6 Å². The lowest BCUT2D eigenvalue weighted by atomic mass is 10.0. The first-order chi connectivity index (χ1) is 16.3. The van der Waals surface area contributed by atoms with Crippen molar-refractivity contribution in [1.29, 1.82) is 0 Å². The largest absolute Gasteiger partial charge is 0.354 e. The molecule has 1 atom stereocenters. The first-order valence-electron chi connectivity index (χ1n) is 11.4. The van der Waals surface area contributed by atoms with E-state index in [0.29, 0.717) is 23.6 Å². The lowest BCUT2D eigenvalue weighted by Gasteiger charge is -2.32. The molecule has 1 N–H and O–H groups in total. The average molecular weight is 481 g/mol. The molecule has 0 spiro atoms. The van der Waals surface area contributed by atoms with E-state index in [-0.39, 0.29) is 30.7 Å². The summed E-state index contributed by atoms with van der Waals surface area (Å²) in [6.45, 7) is 4.74. The molecule has 0 bridgehead atoms. The smallest absolute Gasteiger partial charge is 0.243 e. The number of nitrogens with one attached hydrogen (secondary N) is 1. The Bertz CT molecular complexity index is 1090. The Morgan fingerprint density at radius 1 is 0.912 bits per heavy atom. The molecular formula is C28H30ClFN2O2. The number of nitrogens with zero attached hydrogens (tertiary/aromatic N) is 1. The summed E-state index contributed by atoms with van der Waals surface area (Å²) in [7, 11) is 0. The van der Waals surface area contributed by atoms with Crippen LogP contribution in [-0.4, -0.2) is 29.3 Å². The lowest BCUT2D eigenvalue weighted by Crippen LogP contribution is -2.51. The molecule has 0 saturated heterocycles. The van der Waals surface area contributed by atoms with Gasteiger partial charge in [0.25, 0.3) is 0 Å². The maximum Gasteiger partial charge on any atom is 0.243 e. The normalized spacial score (nSPS) is 11.8. The van der Waals surface area contributed by atoms with Crippen LogP contribution in [-0.2, 0) is 29.0 Å². The van der Waals surface area contributed by atoms with Gasteiger partial charge in [0.05, 0.1) is 6.42 Å². The van der Waals surface area contributed by atoms with Crippen molar-refractivity contribution in [1.82, 2.24) is 10.2 Å². The van der Waals surface area contributed by atoms with E-state index in [1.165, 1.54) is 6.07 Å². The fourth-order valence-corrected chi connectivity index (χ4v) is 3.80. The Hall–Kier alpha value is -3.18. The number of carbonyl (C=O) groups is 2. The zero-order chi connectivity index (χ0) is 24.5. The first-order valence-corrected chi connectivity index (χ1v) is 11.8. The van der Waals surface area contributed by atoms with Crippen molar-refractivity contribution < 1.29 is 14.0 Å². The number of carbonyl (C=O) groups excluding carboxylic acids is 2. The van der Waals surface area contributed by atoms with E-state index in [2.05, 4.69) is 5.32 Å². The van der Waals surface area contributed by atoms with E-state index in [0.717, 1.165) is 11.1 Å². The Labute approximate surface area is 205 Å². The molecule has 0 aliphatic carbocycles. The fraction of sp³-hybridized carbons (Fsp3) is 0.286. The monoisotopic (exact) mass is 480 g/mol. The van der Waals surface area contributed by atoms with Gasteiger partial charge in [0.2, 0.25) is 11.8 Å². The van der Waals surface area contributed by atoms with Crippen molar-refractivity contribution in [3.63, 3.8) is 0 Å². The van der Waals surface area contributed by atoms with Crippen LogP contribution in [0.3, 0.4) is 0 Å². The predicted molar refractivity (Wildman–Crippen MR) is 134 cm³/mol. The molecule has 178 valence electrons. The summed E-state index contributed by atoms with van der Waals surface area (Å²) in [5, 5.41) is 3.57. The van der Waals surface area contributed by atoms with Gasteiger partial charge < -0.3 is 10.2 Å².